The van der Waals surface area contributed by atoms with Gasteiger partial charge in [-0.25, -0.2) is 4.79 Å². The number of aromatic amines is 1. The molecule has 1 heterocycles. The quantitative estimate of drug-likeness (QED) is 0.684. The molecule has 0 unspecified atom stereocenters. The zero-order valence-electron chi connectivity index (χ0n) is 9.28. The fraction of sp³-hybridized carbons (Fsp3) is 0.444. The van der Waals surface area contributed by atoms with E-state index in [-0.39, 0.29) is 11.0 Å². The third kappa shape index (κ3) is 2.69. The van der Waals surface area contributed by atoms with Gasteiger partial charge in [0.05, 0.1) is 11.8 Å². The van der Waals surface area contributed by atoms with Crippen molar-refractivity contribution in [2.45, 2.75) is 13.8 Å². The minimum Gasteiger partial charge on any atom is -0.389 e. The number of H-pyrrole nitrogens is 1. The maximum Gasteiger partial charge on any atom is 0.322 e. The monoisotopic (exact) mass is 241 g/mol. The van der Waals surface area contributed by atoms with Crippen molar-refractivity contribution in [3.05, 3.63) is 11.8 Å². The molecule has 0 aliphatic rings. The highest BCUT2D eigenvalue weighted by atomic mass is 32.1. The second-order valence-electron chi connectivity index (χ2n) is 3.13. The molecule has 0 saturated heterocycles. The number of carbonyl (C=O) groups excluding carboxylic acids is 1. The van der Waals surface area contributed by atoms with Gasteiger partial charge in [-0.05, 0) is 13.8 Å². The maximum atomic E-state index is 11.7. The van der Waals surface area contributed by atoms with Crippen molar-refractivity contribution < 1.29 is 4.79 Å². The summed E-state index contributed by atoms with van der Waals surface area (Å²) in [5, 5.41) is 9.10. The van der Waals surface area contributed by atoms with Crippen molar-refractivity contribution >= 4 is 29.1 Å². The third-order valence-corrected chi connectivity index (χ3v) is 2.41. The number of thiocarbonyl (C=S) groups is 1. The maximum absolute atomic E-state index is 11.7. The fourth-order valence-electron chi connectivity index (χ4n) is 1.27. The van der Waals surface area contributed by atoms with Crippen LogP contribution >= 0.6 is 12.2 Å². The minimum absolute atomic E-state index is 0.198. The number of carbonyl (C=O) groups is 1. The molecule has 88 valence electrons. The summed E-state index contributed by atoms with van der Waals surface area (Å²) in [6, 6.07) is -0.202. The van der Waals surface area contributed by atoms with Crippen molar-refractivity contribution in [2.75, 3.05) is 18.4 Å². The minimum atomic E-state index is -0.202. The summed E-state index contributed by atoms with van der Waals surface area (Å²) < 4.78 is 0. The zero-order valence-corrected chi connectivity index (χ0v) is 10.1. The van der Waals surface area contributed by atoms with E-state index in [0.29, 0.717) is 24.5 Å². The SMILES string of the molecule is CCN(CC)C(=O)Nc1[nH]ncc1C(N)=S. The standard InChI is InChI=1S/C9H15N5OS/c1-3-14(4-2)9(15)12-8-6(7(10)16)5-11-13-8/h5H,3-4H2,1-2H3,(H2,10,16)(H2,11,12,13,15). The first kappa shape index (κ1) is 12.4. The molecule has 1 aromatic rings. The van der Waals surface area contributed by atoms with Gasteiger partial charge >= 0.3 is 6.03 Å². The number of hydrogen-bond acceptors (Lipinski definition) is 3. The van der Waals surface area contributed by atoms with Crippen LogP contribution in [0, 0.1) is 0 Å². The van der Waals surface area contributed by atoms with Crippen molar-refractivity contribution in [1.29, 1.82) is 0 Å². The molecule has 0 aromatic carbocycles. The highest BCUT2D eigenvalue weighted by molar-refractivity contribution is 7.80. The molecule has 0 bridgehead atoms. The normalized spacial score (nSPS) is 9.88. The van der Waals surface area contributed by atoms with Crippen LogP contribution < -0.4 is 11.1 Å². The zero-order chi connectivity index (χ0) is 12.1. The van der Waals surface area contributed by atoms with Gasteiger partial charge in [0.1, 0.15) is 10.8 Å². The van der Waals surface area contributed by atoms with Crippen LogP contribution in [-0.2, 0) is 0 Å². The molecular formula is C9H15N5OS. The molecule has 0 aliphatic carbocycles. The van der Waals surface area contributed by atoms with Crippen LogP contribution in [0.15, 0.2) is 6.20 Å². The van der Waals surface area contributed by atoms with Gasteiger partial charge < -0.3 is 10.6 Å². The Balaban J connectivity index is 2.76. The summed E-state index contributed by atoms with van der Waals surface area (Å²) in [4.78, 5) is 13.6. The Kier molecular flexibility index (Phi) is 4.24. The van der Waals surface area contributed by atoms with Gasteiger partial charge in [-0.3, -0.25) is 10.4 Å². The largest absolute Gasteiger partial charge is 0.389 e. The first-order valence-corrected chi connectivity index (χ1v) is 5.40. The summed E-state index contributed by atoms with van der Waals surface area (Å²) in [6.07, 6.45) is 1.49. The molecule has 4 N–H and O–H groups in total. The summed E-state index contributed by atoms with van der Waals surface area (Å²) in [6.45, 7) is 5.09. The van der Waals surface area contributed by atoms with Gasteiger partial charge in [0.15, 0.2) is 0 Å². The number of aromatic nitrogens is 2. The highest BCUT2D eigenvalue weighted by Gasteiger charge is 2.14. The van der Waals surface area contributed by atoms with E-state index in [4.69, 9.17) is 18.0 Å². The molecule has 0 atom stereocenters. The van der Waals surface area contributed by atoms with E-state index in [1.807, 2.05) is 13.8 Å². The van der Waals surface area contributed by atoms with Crippen molar-refractivity contribution in [1.82, 2.24) is 15.1 Å². The molecule has 16 heavy (non-hydrogen) atoms. The molecule has 0 saturated carbocycles. The van der Waals surface area contributed by atoms with Crippen LogP contribution in [0.5, 0.6) is 0 Å². The summed E-state index contributed by atoms with van der Waals surface area (Å²) in [7, 11) is 0. The number of hydrogen-bond donors (Lipinski definition) is 3. The number of anilines is 1. The number of urea groups is 1. The lowest BCUT2D eigenvalue weighted by Gasteiger charge is -2.18. The molecule has 6 nitrogen and oxygen atoms in total. The van der Waals surface area contributed by atoms with Gasteiger partial charge in [-0.1, -0.05) is 12.2 Å². The fourth-order valence-corrected chi connectivity index (χ4v) is 1.42. The Bertz CT molecular complexity index is 385. The van der Waals surface area contributed by atoms with E-state index >= 15 is 0 Å². The number of nitrogens with one attached hydrogen (secondary N) is 2. The number of nitrogens with zero attached hydrogens (tertiary/aromatic N) is 2. The van der Waals surface area contributed by atoms with Crippen LogP contribution in [0.1, 0.15) is 19.4 Å². The average molecular weight is 241 g/mol. The summed E-state index contributed by atoms with van der Waals surface area (Å²) in [5.41, 5.74) is 6.02. The summed E-state index contributed by atoms with van der Waals surface area (Å²) in [5.74, 6) is 0.435. The van der Waals surface area contributed by atoms with E-state index in [9.17, 15) is 4.79 Å². The first-order chi connectivity index (χ1) is 7.60. The predicted molar refractivity (Wildman–Crippen MR) is 66.4 cm³/mol. The van der Waals surface area contributed by atoms with E-state index in [0.717, 1.165) is 0 Å². The van der Waals surface area contributed by atoms with E-state index in [1.54, 1.807) is 4.90 Å². The second-order valence-corrected chi connectivity index (χ2v) is 3.57. The molecule has 0 radical (unpaired) electrons. The first-order valence-electron chi connectivity index (χ1n) is 4.99. The number of rotatable bonds is 4. The molecule has 0 fully saturated rings. The van der Waals surface area contributed by atoms with Crippen LogP contribution in [0.3, 0.4) is 0 Å². The van der Waals surface area contributed by atoms with Crippen LogP contribution in [-0.4, -0.2) is 39.2 Å². The Morgan fingerprint density at radius 1 is 1.62 bits per heavy atom. The van der Waals surface area contributed by atoms with Crippen molar-refractivity contribution in [3.8, 4) is 0 Å². The number of nitrogens with two attached hydrogens (primary N) is 1. The molecule has 0 spiro atoms. The number of amides is 2. The molecule has 2 amide bonds. The van der Waals surface area contributed by atoms with Gasteiger partial charge in [-0.15, -0.1) is 0 Å². The van der Waals surface area contributed by atoms with Crippen molar-refractivity contribution in [3.63, 3.8) is 0 Å². The molecule has 0 aliphatic heterocycles. The topological polar surface area (TPSA) is 87.0 Å². The highest BCUT2D eigenvalue weighted by Crippen LogP contribution is 2.11. The predicted octanol–water partition coefficient (Wildman–Crippen LogP) is 0.918. The molecule has 1 rings (SSSR count). The van der Waals surface area contributed by atoms with Crippen molar-refractivity contribution in [2.24, 2.45) is 5.73 Å². The second kappa shape index (κ2) is 5.45. The third-order valence-electron chi connectivity index (χ3n) is 2.19. The molecule has 7 heteroatoms. The van der Waals surface area contributed by atoms with Crippen LogP contribution in [0.25, 0.3) is 0 Å². The Hall–Kier alpha value is -1.63. The smallest absolute Gasteiger partial charge is 0.322 e. The van der Waals surface area contributed by atoms with Gasteiger partial charge in [-0.2, -0.15) is 5.10 Å². The molecule has 1 aromatic heterocycles. The lowest BCUT2D eigenvalue weighted by atomic mass is 10.3. The summed E-state index contributed by atoms with van der Waals surface area (Å²) >= 11 is 4.83. The van der Waals surface area contributed by atoms with E-state index < -0.39 is 0 Å². The van der Waals surface area contributed by atoms with Gasteiger partial charge in [0.25, 0.3) is 0 Å². The van der Waals surface area contributed by atoms with Crippen LogP contribution in [0.4, 0.5) is 10.6 Å². The lowest BCUT2D eigenvalue weighted by molar-refractivity contribution is 0.217. The van der Waals surface area contributed by atoms with E-state index in [2.05, 4.69) is 15.5 Å². The van der Waals surface area contributed by atoms with Gasteiger partial charge in [0, 0.05) is 13.1 Å². The van der Waals surface area contributed by atoms with Gasteiger partial charge in [0.2, 0.25) is 0 Å². The Morgan fingerprint density at radius 3 is 2.75 bits per heavy atom. The molecular weight excluding hydrogens is 226 g/mol. The Labute approximate surface area is 99.2 Å². The lowest BCUT2D eigenvalue weighted by Crippen LogP contribution is -2.35. The van der Waals surface area contributed by atoms with E-state index in [1.165, 1.54) is 6.20 Å². The Morgan fingerprint density at radius 2 is 2.25 bits per heavy atom. The average Bonchev–Trinajstić information content (AvgIpc) is 2.67. The van der Waals surface area contributed by atoms with Crippen LogP contribution in [0.2, 0.25) is 0 Å².